The van der Waals surface area contributed by atoms with Gasteiger partial charge in [0.25, 0.3) is 0 Å². The van der Waals surface area contributed by atoms with Gasteiger partial charge in [-0.15, -0.1) is 0 Å². The van der Waals surface area contributed by atoms with Gasteiger partial charge in [0.1, 0.15) is 5.75 Å². The van der Waals surface area contributed by atoms with Gasteiger partial charge in [-0.3, -0.25) is 9.78 Å². The molecule has 0 saturated carbocycles. The average Bonchev–Trinajstić information content (AvgIpc) is 2.30. The molecule has 16 heavy (non-hydrogen) atoms. The molecule has 0 aliphatic heterocycles. The Morgan fingerprint density at radius 3 is 2.62 bits per heavy atom. The Hall–Kier alpha value is -2.36. The summed E-state index contributed by atoms with van der Waals surface area (Å²) in [4.78, 5) is 12.7. The van der Waals surface area contributed by atoms with Crippen molar-refractivity contribution in [1.29, 1.82) is 0 Å². The van der Waals surface area contributed by atoms with E-state index in [4.69, 9.17) is 4.79 Å². The minimum absolute atomic E-state index is 0.175. The molecule has 0 atom stereocenters. The van der Waals surface area contributed by atoms with E-state index >= 15 is 0 Å². The maximum atomic E-state index is 9.47. The highest BCUT2D eigenvalue weighted by Crippen LogP contribution is 2.25. The van der Waals surface area contributed by atoms with Crippen LogP contribution in [0.2, 0.25) is 0 Å². The summed E-state index contributed by atoms with van der Waals surface area (Å²) in [5, 5.41) is 10.4. The van der Waals surface area contributed by atoms with Crippen LogP contribution in [0.3, 0.4) is 0 Å². The van der Waals surface area contributed by atoms with Crippen molar-refractivity contribution in [1.82, 2.24) is 4.98 Å². The van der Waals surface area contributed by atoms with E-state index in [1.807, 2.05) is 24.3 Å². The van der Waals surface area contributed by atoms with Gasteiger partial charge in [-0.25, -0.2) is 0 Å². The first kappa shape index (κ1) is 11.7. The van der Waals surface area contributed by atoms with E-state index in [2.05, 4.69) is 17.3 Å². The van der Waals surface area contributed by atoms with Gasteiger partial charge in [0.15, 0.2) is 0 Å². The smallest absolute Gasteiger partial charge is 0.204 e. The van der Waals surface area contributed by atoms with Gasteiger partial charge in [-0.1, -0.05) is 30.9 Å². The van der Waals surface area contributed by atoms with Gasteiger partial charge in [0.05, 0.1) is 11.7 Å². The van der Waals surface area contributed by atoms with Crippen LogP contribution in [-0.2, 0) is 4.79 Å². The van der Waals surface area contributed by atoms with Crippen LogP contribution in [0, 0.1) is 0 Å². The molecule has 0 bridgehead atoms. The predicted molar refractivity (Wildman–Crippen MR) is 63.8 cm³/mol. The maximum Gasteiger partial charge on any atom is 0.204 e. The minimum atomic E-state index is 0.175. The van der Waals surface area contributed by atoms with Crippen molar-refractivity contribution in [3.8, 4) is 5.75 Å². The number of benzene rings is 1. The molecule has 0 saturated heterocycles. The molecular formula is C12H12N2O2. The van der Waals surface area contributed by atoms with E-state index in [0.29, 0.717) is 0 Å². The Morgan fingerprint density at radius 1 is 1.38 bits per heavy atom. The van der Waals surface area contributed by atoms with E-state index in [9.17, 15) is 5.11 Å². The van der Waals surface area contributed by atoms with Crippen LogP contribution in [0.4, 0.5) is 0 Å². The van der Waals surface area contributed by atoms with E-state index in [-0.39, 0.29) is 12.2 Å². The summed E-state index contributed by atoms with van der Waals surface area (Å²) in [7, 11) is 0. The first-order valence-electron chi connectivity index (χ1n) is 4.59. The fraction of sp³-hybridized carbons (Fsp3) is 0. The number of hydrogen-bond acceptors (Lipinski definition) is 3. The quantitative estimate of drug-likeness (QED) is 0.712. The summed E-state index contributed by atoms with van der Waals surface area (Å²) in [6.07, 6.45) is 3.33. The second-order valence-electron chi connectivity index (χ2n) is 2.91. The zero-order chi connectivity index (χ0) is 12.0. The molecule has 4 heteroatoms. The number of nitrogens with zero attached hydrogens (tertiary/aromatic N) is 1. The Balaban J connectivity index is 0.000000386. The number of amides is 1. The number of fused-ring (bicyclic) bond motifs is 1. The summed E-state index contributed by atoms with van der Waals surface area (Å²) in [5.74, 6) is 0.175. The molecule has 1 amide bonds. The lowest BCUT2D eigenvalue weighted by Gasteiger charge is -2.02. The van der Waals surface area contributed by atoms with Crippen molar-refractivity contribution in [2.45, 2.75) is 0 Å². The second kappa shape index (κ2) is 5.50. The third-order valence-electron chi connectivity index (χ3n) is 2.00. The minimum Gasteiger partial charge on any atom is -0.506 e. The molecule has 1 heterocycles. The number of aromatic hydroxyl groups is 1. The third-order valence-corrected chi connectivity index (χ3v) is 2.00. The highest BCUT2D eigenvalue weighted by atomic mass is 16.3. The van der Waals surface area contributed by atoms with E-state index < -0.39 is 0 Å². The molecule has 0 fully saturated rings. The largest absolute Gasteiger partial charge is 0.506 e. The molecule has 1 aromatic heterocycles. The molecule has 0 radical (unpaired) electrons. The van der Waals surface area contributed by atoms with Crippen molar-refractivity contribution in [2.24, 2.45) is 5.73 Å². The molecule has 2 rings (SSSR count). The van der Waals surface area contributed by atoms with Crippen LogP contribution in [0.15, 0.2) is 37.0 Å². The molecule has 0 unspecified atom stereocenters. The Bertz CT molecular complexity index is 509. The van der Waals surface area contributed by atoms with Crippen molar-refractivity contribution in [3.05, 3.63) is 42.6 Å². The third kappa shape index (κ3) is 2.36. The fourth-order valence-electron chi connectivity index (χ4n) is 1.37. The first-order valence-corrected chi connectivity index (χ1v) is 4.59. The first-order chi connectivity index (χ1) is 7.74. The van der Waals surface area contributed by atoms with Crippen LogP contribution in [0.5, 0.6) is 5.75 Å². The zero-order valence-electron chi connectivity index (χ0n) is 8.63. The van der Waals surface area contributed by atoms with Gasteiger partial charge < -0.3 is 10.8 Å². The maximum absolute atomic E-state index is 9.47. The number of nitrogens with two attached hydrogens (primary N) is 1. The topological polar surface area (TPSA) is 76.2 Å². The molecule has 0 aliphatic rings. The predicted octanol–water partition coefficient (Wildman–Crippen LogP) is 1.68. The Morgan fingerprint density at radius 2 is 2.00 bits per heavy atom. The van der Waals surface area contributed by atoms with Crippen LogP contribution >= 0.6 is 0 Å². The van der Waals surface area contributed by atoms with E-state index in [1.54, 1.807) is 6.08 Å². The number of hydrogen-bond donors (Lipinski definition) is 2. The number of pyridine rings is 1. The van der Waals surface area contributed by atoms with E-state index in [1.165, 1.54) is 6.20 Å². The molecule has 4 nitrogen and oxygen atoms in total. The average molecular weight is 216 g/mol. The van der Waals surface area contributed by atoms with Crippen LogP contribution < -0.4 is 5.73 Å². The van der Waals surface area contributed by atoms with Gasteiger partial charge in [-0.05, 0) is 6.07 Å². The molecule has 1 aromatic carbocycles. The second-order valence-corrected chi connectivity index (χ2v) is 2.91. The monoisotopic (exact) mass is 216 g/mol. The van der Waals surface area contributed by atoms with Gasteiger partial charge in [0.2, 0.25) is 6.41 Å². The molecule has 2 aromatic rings. The van der Waals surface area contributed by atoms with Gasteiger partial charge in [0, 0.05) is 10.9 Å². The molecular weight excluding hydrogens is 204 g/mol. The summed E-state index contributed by atoms with van der Waals surface area (Å²) >= 11 is 0. The number of carbonyl (C=O) groups excluding carboxylic acids is 1. The van der Waals surface area contributed by atoms with Crippen LogP contribution in [0.1, 0.15) is 5.56 Å². The van der Waals surface area contributed by atoms with Crippen molar-refractivity contribution in [3.63, 3.8) is 0 Å². The number of rotatable bonds is 1. The van der Waals surface area contributed by atoms with E-state index in [0.717, 1.165) is 16.5 Å². The lowest BCUT2D eigenvalue weighted by atomic mass is 10.1. The van der Waals surface area contributed by atoms with Gasteiger partial charge in [-0.2, -0.15) is 0 Å². The summed E-state index contributed by atoms with van der Waals surface area (Å²) < 4.78 is 0. The van der Waals surface area contributed by atoms with Crippen molar-refractivity contribution >= 4 is 23.4 Å². The normalized spacial score (nSPS) is 9.00. The molecule has 3 N–H and O–H groups in total. The van der Waals surface area contributed by atoms with Crippen molar-refractivity contribution in [2.75, 3.05) is 0 Å². The lowest BCUT2D eigenvalue weighted by Crippen LogP contribution is -1.82. The molecule has 0 spiro atoms. The van der Waals surface area contributed by atoms with Crippen LogP contribution in [-0.4, -0.2) is 16.5 Å². The van der Waals surface area contributed by atoms with Crippen molar-refractivity contribution < 1.29 is 9.90 Å². The molecule has 0 aliphatic carbocycles. The SMILES string of the molecule is C=Cc1c(O)cnc2ccccc12.NC=O. The summed E-state index contributed by atoms with van der Waals surface area (Å²) in [6.45, 7) is 3.65. The Kier molecular flexibility index (Phi) is 4.03. The van der Waals surface area contributed by atoms with Gasteiger partial charge >= 0.3 is 0 Å². The lowest BCUT2D eigenvalue weighted by molar-refractivity contribution is -0.106. The summed E-state index contributed by atoms with van der Waals surface area (Å²) in [5.41, 5.74) is 5.78. The summed E-state index contributed by atoms with van der Waals surface area (Å²) in [6, 6.07) is 7.65. The number of primary amides is 1. The standard InChI is InChI=1S/C11H9NO.CH3NO/c1-2-8-9-5-3-4-6-10(9)12-7-11(8)13;2-1-3/h2-7,13H,1H2;1H,(H2,2,3). The number of carbonyl (C=O) groups is 1. The Labute approximate surface area is 93.0 Å². The fourth-order valence-corrected chi connectivity index (χ4v) is 1.37. The zero-order valence-corrected chi connectivity index (χ0v) is 8.63. The highest BCUT2D eigenvalue weighted by molar-refractivity contribution is 5.89. The molecule has 82 valence electrons. The highest BCUT2D eigenvalue weighted by Gasteiger charge is 2.02. The van der Waals surface area contributed by atoms with Crippen LogP contribution in [0.25, 0.3) is 17.0 Å². The number of para-hydroxylation sites is 1. The number of aromatic nitrogens is 1.